The zero-order valence-electron chi connectivity index (χ0n) is 19.1. The molecule has 3 aromatic carbocycles. The molecule has 174 valence electrons. The van der Waals surface area contributed by atoms with Gasteiger partial charge in [0.05, 0.1) is 23.0 Å². The first-order valence-electron chi connectivity index (χ1n) is 10.6. The summed E-state index contributed by atoms with van der Waals surface area (Å²) in [5.74, 6) is 0.116. The third-order valence-corrected chi connectivity index (χ3v) is 6.11. The number of hydrogen-bond donors (Lipinski definition) is 0. The molecule has 0 fully saturated rings. The lowest BCUT2D eigenvalue weighted by Gasteiger charge is -2.31. The van der Waals surface area contributed by atoms with Crippen LogP contribution in [0.1, 0.15) is 29.3 Å². The summed E-state index contributed by atoms with van der Waals surface area (Å²) in [6, 6.07) is 22.3. The van der Waals surface area contributed by atoms with E-state index in [0.29, 0.717) is 23.6 Å². The van der Waals surface area contributed by atoms with E-state index in [-0.39, 0.29) is 0 Å². The Hall–Kier alpha value is -3.91. The van der Waals surface area contributed by atoms with Crippen LogP contribution >= 0.6 is 11.3 Å². The molecule has 7 nitrogen and oxygen atoms in total. The molecular weight excluding hydrogens is 452 g/mol. The number of esters is 1. The maximum atomic E-state index is 12.8. The largest absolute Gasteiger partial charge is 0.486 e. The molecule has 1 unspecified atom stereocenters. The van der Waals surface area contributed by atoms with Crippen LogP contribution in [0, 0.1) is 6.92 Å². The van der Waals surface area contributed by atoms with Crippen LogP contribution in [0.4, 0.5) is 10.5 Å². The van der Waals surface area contributed by atoms with E-state index in [9.17, 15) is 9.59 Å². The number of benzene rings is 3. The summed E-state index contributed by atoms with van der Waals surface area (Å²) < 4.78 is 17.6. The van der Waals surface area contributed by atoms with Gasteiger partial charge in [-0.05, 0) is 42.8 Å². The van der Waals surface area contributed by atoms with Gasteiger partial charge in [-0.25, -0.2) is 14.7 Å². The molecule has 34 heavy (non-hydrogen) atoms. The van der Waals surface area contributed by atoms with E-state index >= 15 is 0 Å². The summed E-state index contributed by atoms with van der Waals surface area (Å²) in [5, 5.41) is 0.873. The zero-order valence-corrected chi connectivity index (χ0v) is 19.9. The lowest BCUT2D eigenvalue weighted by atomic mass is 10.1. The predicted molar refractivity (Wildman–Crippen MR) is 131 cm³/mol. The van der Waals surface area contributed by atoms with Gasteiger partial charge in [0, 0.05) is 12.5 Å². The van der Waals surface area contributed by atoms with Crippen molar-refractivity contribution in [3.63, 3.8) is 0 Å². The molecule has 1 atom stereocenters. The third kappa shape index (κ3) is 5.18. The Morgan fingerprint density at radius 3 is 2.44 bits per heavy atom. The summed E-state index contributed by atoms with van der Waals surface area (Å²) in [5.41, 5.74) is 2.87. The van der Waals surface area contributed by atoms with Crippen molar-refractivity contribution in [2.45, 2.75) is 26.7 Å². The Labute approximate surface area is 201 Å². The highest BCUT2D eigenvalue weighted by Crippen LogP contribution is 2.34. The minimum atomic E-state index is -0.987. The number of para-hydroxylation sites is 1. The molecule has 4 aromatic rings. The number of methoxy groups -OCH3 is 1. The zero-order chi connectivity index (χ0) is 24.1. The topological polar surface area (TPSA) is 78.0 Å². The summed E-state index contributed by atoms with van der Waals surface area (Å²) in [6.07, 6.45) is -1.64. The highest BCUT2D eigenvalue weighted by Gasteiger charge is 2.31. The van der Waals surface area contributed by atoms with Crippen LogP contribution in [0.2, 0.25) is 0 Å². The predicted octanol–water partition coefficient (Wildman–Crippen LogP) is 6.02. The molecule has 0 aliphatic carbocycles. The van der Waals surface area contributed by atoms with Crippen molar-refractivity contribution in [2.75, 3.05) is 12.0 Å². The first-order valence-corrected chi connectivity index (χ1v) is 11.4. The lowest BCUT2D eigenvalue weighted by molar-refractivity contribution is -0.146. The number of carbonyl (C=O) groups is 2. The van der Waals surface area contributed by atoms with E-state index in [4.69, 9.17) is 14.2 Å². The molecule has 0 bridgehead atoms. The van der Waals surface area contributed by atoms with E-state index in [2.05, 4.69) is 4.98 Å². The van der Waals surface area contributed by atoms with E-state index in [0.717, 1.165) is 20.8 Å². The van der Waals surface area contributed by atoms with Crippen molar-refractivity contribution in [2.24, 2.45) is 0 Å². The molecule has 1 aromatic heterocycles. The average molecular weight is 477 g/mol. The van der Waals surface area contributed by atoms with Crippen LogP contribution in [0.15, 0.2) is 72.8 Å². The van der Waals surface area contributed by atoms with Gasteiger partial charge in [-0.3, -0.25) is 4.79 Å². The second kappa shape index (κ2) is 10.4. The Balaban J connectivity index is 1.60. The van der Waals surface area contributed by atoms with Crippen molar-refractivity contribution in [1.29, 1.82) is 0 Å². The number of aromatic nitrogens is 1. The first kappa shape index (κ1) is 23.3. The van der Waals surface area contributed by atoms with Crippen LogP contribution in [-0.2, 0) is 20.9 Å². The van der Waals surface area contributed by atoms with Gasteiger partial charge in [0.2, 0.25) is 6.23 Å². The second-order valence-electron chi connectivity index (χ2n) is 7.52. The standard InChI is InChI=1S/C26H24N2O5S/c1-17-15-20(32-16-24-27-21-11-7-8-12-23(21)34-24)13-14-22(17)28(26(30)31-3)25(33-18(2)29)19-9-5-4-6-10-19/h4-15,25H,16H2,1-3H3. The fourth-order valence-electron chi connectivity index (χ4n) is 3.58. The maximum absolute atomic E-state index is 12.8. The number of thiazole rings is 1. The van der Waals surface area contributed by atoms with Crippen LogP contribution < -0.4 is 9.64 Å². The monoisotopic (exact) mass is 476 g/mol. The SMILES string of the molecule is COC(=O)N(c1ccc(OCc2nc3ccccc3s2)cc1C)C(OC(C)=O)c1ccccc1. The molecule has 0 saturated heterocycles. The number of carbonyl (C=O) groups excluding carboxylic acids is 2. The van der Waals surface area contributed by atoms with Gasteiger partial charge in [-0.1, -0.05) is 42.5 Å². The van der Waals surface area contributed by atoms with Gasteiger partial charge in [0.1, 0.15) is 17.4 Å². The van der Waals surface area contributed by atoms with Crippen molar-refractivity contribution >= 4 is 39.3 Å². The number of rotatable bonds is 7. The molecule has 0 spiro atoms. The summed E-state index contributed by atoms with van der Waals surface area (Å²) in [7, 11) is 1.29. The Morgan fingerprint density at radius 2 is 1.76 bits per heavy atom. The molecule has 4 rings (SSSR count). The quantitative estimate of drug-likeness (QED) is 0.240. The second-order valence-corrected chi connectivity index (χ2v) is 8.64. The van der Waals surface area contributed by atoms with Gasteiger partial charge in [0.15, 0.2) is 0 Å². The first-order chi connectivity index (χ1) is 16.5. The van der Waals surface area contributed by atoms with E-state index in [1.165, 1.54) is 18.9 Å². The van der Waals surface area contributed by atoms with Gasteiger partial charge in [-0.2, -0.15) is 0 Å². The number of nitrogens with zero attached hydrogens (tertiary/aromatic N) is 2. The van der Waals surface area contributed by atoms with Crippen molar-refractivity contribution in [1.82, 2.24) is 4.98 Å². The Morgan fingerprint density at radius 1 is 1.03 bits per heavy atom. The fraction of sp³-hybridized carbons (Fsp3) is 0.192. The van der Waals surface area contributed by atoms with Gasteiger partial charge < -0.3 is 14.2 Å². The molecule has 8 heteroatoms. The molecule has 0 aliphatic rings. The highest BCUT2D eigenvalue weighted by atomic mass is 32.1. The smallest absolute Gasteiger partial charge is 0.417 e. The minimum absolute atomic E-state index is 0.332. The summed E-state index contributed by atoms with van der Waals surface area (Å²) in [6.45, 7) is 3.49. The lowest BCUT2D eigenvalue weighted by Crippen LogP contribution is -2.37. The van der Waals surface area contributed by atoms with E-state index in [1.54, 1.807) is 35.6 Å². The molecular formula is C26H24N2O5S. The maximum Gasteiger partial charge on any atom is 0.417 e. The van der Waals surface area contributed by atoms with Crippen LogP contribution in [0.25, 0.3) is 10.2 Å². The molecule has 1 amide bonds. The minimum Gasteiger partial charge on any atom is -0.486 e. The Bertz CT molecular complexity index is 1270. The Kier molecular flexibility index (Phi) is 7.08. The average Bonchev–Trinajstić information content (AvgIpc) is 3.26. The van der Waals surface area contributed by atoms with Gasteiger partial charge in [-0.15, -0.1) is 11.3 Å². The molecule has 0 saturated carbocycles. The molecule has 1 heterocycles. The summed E-state index contributed by atoms with van der Waals surface area (Å²) >= 11 is 1.59. The fourth-order valence-corrected chi connectivity index (χ4v) is 4.46. The van der Waals surface area contributed by atoms with Crippen LogP contribution in [0.5, 0.6) is 5.75 Å². The number of ether oxygens (including phenoxy) is 3. The van der Waals surface area contributed by atoms with Crippen LogP contribution in [0.3, 0.4) is 0 Å². The number of anilines is 1. The molecule has 0 aliphatic heterocycles. The number of fused-ring (bicyclic) bond motifs is 1. The number of hydrogen-bond acceptors (Lipinski definition) is 7. The van der Waals surface area contributed by atoms with E-state index in [1.807, 2.05) is 55.5 Å². The highest BCUT2D eigenvalue weighted by molar-refractivity contribution is 7.18. The number of aryl methyl sites for hydroxylation is 1. The normalized spacial score (nSPS) is 11.6. The molecule has 0 radical (unpaired) electrons. The number of amides is 1. The molecule has 0 N–H and O–H groups in total. The van der Waals surface area contributed by atoms with E-state index < -0.39 is 18.3 Å². The van der Waals surface area contributed by atoms with Crippen molar-refractivity contribution in [3.8, 4) is 5.75 Å². The van der Waals surface area contributed by atoms with Crippen LogP contribution in [-0.4, -0.2) is 24.2 Å². The van der Waals surface area contributed by atoms with Crippen molar-refractivity contribution in [3.05, 3.63) is 88.9 Å². The van der Waals surface area contributed by atoms with Gasteiger partial charge in [0.25, 0.3) is 0 Å². The van der Waals surface area contributed by atoms with Gasteiger partial charge >= 0.3 is 12.1 Å². The third-order valence-electron chi connectivity index (χ3n) is 5.10. The van der Waals surface area contributed by atoms with Crippen molar-refractivity contribution < 1.29 is 23.8 Å². The summed E-state index contributed by atoms with van der Waals surface area (Å²) in [4.78, 5) is 30.6.